The van der Waals surface area contributed by atoms with Crippen LogP contribution in [0.1, 0.15) is 31.9 Å². The summed E-state index contributed by atoms with van der Waals surface area (Å²) in [6.45, 7) is 6.20. The fourth-order valence-corrected chi connectivity index (χ4v) is 3.41. The first-order valence-electron chi connectivity index (χ1n) is 6.90. The minimum absolute atomic E-state index is 0.0705. The second kappa shape index (κ2) is 6.21. The maximum absolute atomic E-state index is 14.2. The van der Waals surface area contributed by atoms with Gasteiger partial charge in [-0.3, -0.25) is 4.90 Å². The molecule has 0 amide bonds. The molecule has 0 spiro atoms. The van der Waals surface area contributed by atoms with Gasteiger partial charge in [-0.25, -0.2) is 4.39 Å². The van der Waals surface area contributed by atoms with Gasteiger partial charge in [0.15, 0.2) is 0 Å². The average molecular weight is 285 g/mol. The molecular weight excluding hydrogens is 263 g/mol. The van der Waals surface area contributed by atoms with Gasteiger partial charge in [-0.05, 0) is 58.5 Å². The molecular formula is C15H22ClFN2. The summed E-state index contributed by atoms with van der Waals surface area (Å²) in [6, 6.07) is 5.42. The molecule has 0 aliphatic carbocycles. The molecule has 1 N–H and O–H groups in total. The minimum atomic E-state index is -0.189. The van der Waals surface area contributed by atoms with E-state index in [0.29, 0.717) is 22.5 Å². The standard InChI is InChI=1S/C15H22ClFN2/c1-10(2)19-8-7-11(9-18-3)15(19)14-12(16)5-4-6-13(14)17/h4-6,10-11,15,18H,7-9H2,1-3H3. The third-order valence-corrected chi connectivity index (χ3v) is 4.32. The second-order valence-corrected chi connectivity index (χ2v) is 5.93. The lowest BCUT2D eigenvalue weighted by molar-refractivity contribution is 0.179. The van der Waals surface area contributed by atoms with Gasteiger partial charge in [0.05, 0.1) is 0 Å². The number of benzene rings is 1. The minimum Gasteiger partial charge on any atom is -0.319 e. The summed E-state index contributed by atoms with van der Waals surface area (Å²) in [7, 11) is 1.94. The lowest BCUT2D eigenvalue weighted by Gasteiger charge is -2.32. The first-order chi connectivity index (χ1) is 9.06. The molecule has 0 saturated carbocycles. The van der Waals surface area contributed by atoms with Crippen molar-refractivity contribution in [2.75, 3.05) is 20.1 Å². The zero-order valence-electron chi connectivity index (χ0n) is 11.8. The fraction of sp³-hybridized carbons (Fsp3) is 0.600. The van der Waals surface area contributed by atoms with Crippen LogP contribution < -0.4 is 5.32 Å². The van der Waals surface area contributed by atoms with E-state index in [1.807, 2.05) is 7.05 Å². The van der Waals surface area contributed by atoms with Crippen molar-refractivity contribution >= 4 is 11.6 Å². The molecule has 1 aliphatic heterocycles. The summed E-state index contributed by atoms with van der Waals surface area (Å²) in [5, 5.41) is 3.76. The Kier molecular flexibility index (Phi) is 4.82. The Balaban J connectivity index is 2.40. The van der Waals surface area contributed by atoms with Crippen LogP contribution in [0.15, 0.2) is 18.2 Å². The van der Waals surface area contributed by atoms with Crippen LogP contribution in [0.5, 0.6) is 0 Å². The Morgan fingerprint density at radius 1 is 1.47 bits per heavy atom. The summed E-state index contributed by atoms with van der Waals surface area (Å²) < 4.78 is 14.2. The first kappa shape index (κ1) is 14.8. The van der Waals surface area contributed by atoms with Crippen LogP contribution in [0.4, 0.5) is 4.39 Å². The Bertz CT molecular complexity index is 416. The van der Waals surface area contributed by atoms with E-state index in [-0.39, 0.29) is 11.9 Å². The summed E-state index contributed by atoms with van der Waals surface area (Å²) in [5.74, 6) is 0.216. The molecule has 0 aromatic heterocycles. The van der Waals surface area contributed by atoms with Gasteiger partial charge < -0.3 is 5.32 Å². The van der Waals surface area contributed by atoms with Crippen LogP contribution in [0.2, 0.25) is 5.02 Å². The Labute approximate surface area is 119 Å². The molecule has 1 aliphatic rings. The highest BCUT2D eigenvalue weighted by Gasteiger charge is 2.38. The summed E-state index contributed by atoms with van der Waals surface area (Å²) >= 11 is 6.26. The molecule has 2 rings (SSSR count). The number of nitrogens with one attached hydrogen (secondary N) is 1. The second-order valence-electron chi connectivity index (χ2n) is 5.52. The maximum atomic E-state index is 14.2. The maximum Gasteiger partial charge on any atom is 0.129 e. The van der Waals surface area contributed by atoms with E-state index >= 15 is 0 Å². The van der Waals surface area contributed by atoms with Crippen molar-refractivity contribution in [1.29, 1.82) is 0 Å². The Hall–Kier alpha value is -0.640. The van der Waals surface area contributed by atoms with Gasteiger partial charge in [0.1, 0.15) is 5.82 Å². The van der Waals surface area contributed by atoms with Crippen LogP contribution >= 0.6 is 11.6 Å². The van der Waals surface area contributed by atoms with Crippen molar-refractivity contribution in [1.82, 2.24) is 10.2 Å². The quantitative estimate of drug-likeness (QED) is 0.911. The van der Waals surface area contributed by atoms with Gasteiger partial charge >= 0.3 is 0 Å². The molecule has 1 heterocycles. The monoisotopic (exact) mass is 284 g/mol. The van der Waals surface area contributed by atoms with Crippen molar-refractivity contribution < 1.29 is 4.39 Å². The highest BCUT2D eigenvalue weighted by atomic mass is 35.5. The summed E-state index contributed by atoms with van der Waals surface area (Å²) in [4.78, 5) is 2.35. The van der Waals surface area contributed by atoms with Gasteiger partial charge in [0.2, 0.25) is 0 Å². The van der Waals surface area contributed by atoms with E-state index in [4.69, 9.17) is 11.6 Å². The smallest absolute Gasteiger partial charge is 0.129 e. The van der Waals surface area contributed by atoms with Crippen LogP contribution in [0, 0.1) is 11.7 Å². The average Bonchev–Trinajstić information content (AvgIpc) is 2.74. The number of rotatable bonds is 4. The molecule has 1 aromatic rings. The molecule has 2 unspecified atom stereocenters. The molecule has 106 valence electrons. The number of nitrogens with zero attached hydrogens (tertiary/aromatic N) is 1. The molecule has 1 fully saturated rings. The van der Waals surface area contributed by atoms with Crippen LogP contribution in [-0.4, -0.2) is 31.1 Å². The third-order valence-electron chi connectivity index (χ3n) is 3.99. The molecule has 0 radical (unpaired) electrons. The number of hydrogen-bond acceptors (Lipinski definition) is 2. The fourth-order valence-electron chi connectivity index (χ4n) is 3.13. The molecule has 2 nitrogen and oxygen atoms in total. The van der Waals surface area contributed by atoms with Gasteiger partial charge in [0, 0.05) is 22.7 Å². The van der Waals surface area contributed by atoms with E-state index in [1.165, 1.54) is 6.07 Å². The SMILES string of the molecule is CNCC1CCN(C(C)C)C1c1c(F)cccc1Cl. The van der Waals surface area contributed by atoms with Gasteiger partial charge in [-0.2, -0.15) is 0 Å². The molecule has 4 heteroatoms. The topological polar surface area (TPSA) is 15.3 Å². The highest BCUT2D eigenvalue weighted by Crippen LogP contribution is 2.42. The largest absolute Gasteiger partial charge is 0.319 e. The molecule has 2 atom stereocenters. The van der Waals surface area contributed by atoms with Crippen LogP contribution in [0.25, 0.3) is 0 Å². The van der Waals surface area contributed by atoms with Crippen molar-refractivity contribution in [3.8, 4) is 0 Å². The van der Waals surface area contributed by atoms with Crippen molar-refractivity contribution in [3.05, 3.63) is 34.6 Å². The lowest BCUT2D eigenvalue weighted by Crippen LogP contribution is -2.34. The molecule has 1 saturated heterocycles. The zero-order valence-corrected chi connectivity index (χ0v) is 12.5. The van der Waals surface area contributed by atoms with E-state index in [1.54, 1.807) is 12.1 Å². The van der Waals surface area contributed by atoms with Gasteiger partial charge in [-0.15, -0.1) is 0 Å². The normalized spacial score (nSPS) is 24.3. The van der Waals surface area contributed by atoms with E-state index in [2.05, 4.69) is 24.1 Å². The summed E-state index contributed by atoms with van der Waals surface area (Å²) in [5.41, 5.74) is 0.663. The Morgan fingerprint density at radius 3 is 2.79 bits per heavy atom. The van der Waals surface area contributed by atoms with Crippen LogP contribution in [0.3, 0.4) is 0 Å². The van der Waals surface area contributed by atoms with E-state index in [0.717, 1.165) is 19.5 Å². The number of likely N-dealkylation sites (tertiary alicyclic amines) is 1. The third kappa shape index (κ3) is 2.93. The highest BCUT2D eigenvalue weighted by molar-refractivity contribution is 6.31. The van der Waals surface area contributed by atoms with E-state index < -0.39 is 0 Å². The predicted molar refractivity (Wildman–Crippen MR) is 78.0 cm³/mol. The Morgan fingerprint density at radius 2 is 2.21 bits per heavy atom. The van der Waals surface area contributed by atoms with Crippen LogP contribution in [-0.2, 0) is 0 Å². The molecule has 0 bridgehead atoms. The van der Waals surface area contributed by atoms with Crippen molar-refractivity contribution in [2.24, 2.45) is 5.92 Å². The number of hydrogen-bond donors (Lipinski definition) is 1. The zero-order chi connectivity index (χ0) is 14.0. The van der Waals surface area contributed by atoms with Crippen molar-refractivity contribution in [3.63, 3.8) is 0 Å². The van der Waals surface area contributed by atoms with Gasteiger partial charge in [-0.1, -0.05) is 17.7 Å². The van der Waals surface area contributed by atoms with E-state index in [9.17, 15) is 4.39 Å². The lowest BCUT2D eigenvalue weighted by atomic mass is 9.92. The van der Waals surface area contributed by atoms with Gasteiger partial charge in [0.25, 0.3) is 0 Å². The number of halogens is 2. The van der Waals surface area contributed by atoms with Crippen molar-refractivity contribution in [2.45, 2.75) is 32.4 Å². The predicted octanol–water partition coefficient (Wildman–Crippen LogP) is 3.47. The first-order valence-corrected chi connectivity index (χ1v) is 7.28. The molecule has 1 aromatic carbocycles. The molecule has 19 heavy (non-hydrogen) atoms. The summed E-state index contributed by atoms with van der Waals surface area (Å²) in [6.07, 6.45) is 1.08.